The average Bonchev–Trinajstić information content (AvgIpc) is 2.53. The number of nitrogens with two attached hydrogens (primary N) is 1. The first-order valence-electron chi connectivity index (χ1n) is 6.37. The Morgan fingerprint density at radius 2 is 2.10 bits per heavy atom. The number of halogens is 1. The molecule has 0 saturated carbocycles. The van der Waals surface area contributed by atoms with E-state index < -0.39 is 0 Å². The summed E-state index contributed by atoms with van der Waals surface area (Å²) in [7, 11) is 1.53. The third kappa shape index (κ3) is 3.46. The highest BCUT2D eigenvalue weighted by Crippen LogP contribution is 2.29. The molecule has 2 N–H and O–H groups in total. The lowest BCUT2D eigenvalue weighted by Gasteiger charge is -2.12. The Hall–Kier alpha value is -2.22. The van der Waals surface area contributed by atoms with E-state index in [1.807, 2.05) is 18.2 Å². The quantitative estimate of drug-likeness (QED) is 0.920. The number of nitriles is 1. The molecule has 2 rings (SSSR count). The summed E-state index contributed by atoms with van der Waals surface area (Å²) in [6, 6.07) is 12.9. The molecule has 0 heterocycles. The smallest absolute Gasteiger partial charge is 0.142 e. The molecule has 0 atom stereocenters. The molecule has 0 amide bonds. The van der Waals surface area contributed by atoms with Gasteiger partial charge < -0.3 is 15.2 Å². The van der Waals surface area contributed by atoms with Crippen molar-refractivity contribution in [2.45, 2.75) is 13.2 Å². The van der Waals surface area contributed by atoms with E-state index in [0.717, 1.165) is 11.1 Å². The van der Waals surface area contributed by atoms with Crippen LogP contribution < -0.4 is 15.2 Å². The van der Waals surface area contributed by atoms with E-state index >= 15 is 0 Å². The number of rotatable bonds is 5. The van der Waals surface area contributed by atoms with Crippen LogP contribution in [0.25, 0.3) is 0 Å². The van der Waals surface area contributed by atoms with Gasteiger partial charge in [0.05, 0.1) is 17.7 Å². The van der Waals surface area contributed by atoms with E-state index in [9.17, 15) is 0 Å². The Kier molecular flexibility index (Phi) is 5.04. The van der Waals surface area contributed by atoms with Gasteiger partial charge in [-0.3, -0.25) is 0 Å². The van der Waals surface area contributed by atoms with Crippen LogP contribution in [0, 0.1) is 11.3 Å². The zero-order valence-corrected chi connectivity index (χ0v) is 12.4. The van der Waals surface area contributed by atoms with Gasteiger partial charge in [0, 0.05) is 12.1 Å². The predicted molar refractivity (Wildman–Crippen MR) is 81.4 cm³/mol. The molecule has 0 saturated heterocycles. The van der Waals surface area contributed by atoms with Gasteiger partial charge in [-0.1, -0.05) is 29.8 Å². The number of hydrogen-bond acceptors (Lipinski definition) is 4. The molecule has 0 spiro atoms. The SMILES string of the molecule is COc1ccc(COc2c(Cl)cccc2CN)cc1C#N. The number of methoxy groups -OCH3 is 1. The zero-order chi connectivity index (χ0) is 15.2. The van der Waals surface area contributed by atoms with Crippen LogP contribution in [0.2, 0.25) is 5.02 Å². The van der Waals surface area contributed by atoms with E-state index in [1.165, 1.54) is 7.11 Å². The van der Waals surface area contributed by atoms with Crippen molar-refractivity contribution in [1.82, 2.24) is 0 Å². The molecule has 108 valence electrons. The van der Waals surface area contributed by atoms with Crippen molar-refractivity contribution in [3.8, 4) is 17.6 Å². The van der Waals surface area contributed by atoms with Crippen molar-refractivity contribution in [1.29, 1.82) is 5.26 Å². The minimum atomic E-state index is 0.301. The topological polar surface area (TPSA) is 68.3 Å². The highest BCUT2D eigenvalue weighted by molar-refractivity contribution is 6.32. The second-order valence-corrected chi connectivity index (χ2v) is 4.77. The van der Waals surface area contributed by atoms with Crippen molar-refractivity contribution < 1.29 is 9.47 Å². The Morgan fingerprint density at radius 1 is 1.29 bits per heavy atom. The summed E-state index contributed by atoms with van der Waals surface area (Å²) in [5.41, 5.74) is 7.84. The fourth-order valence-electron chi connectivity index (χ4n) is 1.96. The largest absolute Gasteiger partial charge is 0.495 e. The van der Waals surface area contributed by atoms with Crippen molar-refractivity contribution >= 4 is 11.6 Å². The average molecular weight is 303 g/mol. The fraction of sp³-hybridized carbons (Fsp3) is 0.188. The van der Waals surface area contributed by atoms with Crippen LogP contribution in [-0.4, -0.2) is 7.11 Å². The summed E-state index contributed by atoms with van der Waals surface area (Å²) >= 11 is 6.13. The molecular weight excluding hydrogens is 288 g/mol. The molecule has 0 aliphatic heterocycles. The third-order valence-corrected chi connectivity index (χ3v) is 3.33. The Morgan fingerprint density at radius 3 is 2.76 bits per heavy atom. The lowest BCUT2D eigenvalue weighted by Crippen LogP contribution is -2.03. The molecule has 0 aromatic heterocycles. The number of hydrogen-bond donors (Lipinski definition) is 1. The lowest BCUT2D eigenvalue weighted by molar-refractivity contribution is 0.303. The van der Waals surface area contributed by atoms with Crippen LogP contribution in [-0.2, 0) is 13.2 Å². The van der Waals surface area contributed by atoms with E-state index in [0.29, 0.717) is 35.2 Å². The van der Waals surface area contributed by atoms with E-state index in [2.05, 4.69) is 6.07 Å². The van der Waals surface area contributed by atoms with Crippen LogP contribution in [0.15, 0.2) is 36.4 Å². The molecule has 21 heavy (non-hydrogen) atoms. The maximum atomic E-state index is 9.08. The standard InChI is InChI=1S/C16H15ClN2O2/c1-20-15-6-5-11(7-13(15)9-19)10-21-16-12(8-18)3-2-4-14(16)17/h2-7H,8,10,18H2,1H3. The molecule has 0 bridgehead atoms. The van der Waals surface area contributed by atoms with Gasteiger partial charge in [-0.15, -0.1) is 0 Å². The molecular formula is C16H15ClN2O2. The summed E-state index contributed by atoms with van der Waals surface area (Å²) in [4.78, 5) is 0. The third-order valence-electron chi connectivity index (χ3n) is 3.04. The molecule has 5 heteroatoms. The first-order chi connectivity index (χ1) is 10.2. The highest BCUT2D eigenvalue weighted by atomic mass is 35.5. The molecule has 0 aliphatic carbocycles. The molecule has 0 radical (unpaired) electrons. The van der Waals surface area contributed by atoms with Gasteiger partial charge in [0.15, 0.2) is 0 Å². The van der Waals surface area contributed by atoms with Crippen LogP contribution >= 0.6 is 11.6 Å². The van der Waals surface area contributed by atoms with E-state index in [-0.39, 0.29) is 0 Å². The van der Waals surface area contributed by atoms with Gasteiger partial charge >= 0.3 is 0 Å². The minimum Gasteiger partial charge on any atom is -0.495 e. The zero-order valence-electron chi connectivity index (χ0n) is 11.6. The predicted octanol–water partition coefficient (Wildman–Crippen LogP) is 3.26. The van der Waals surface area contributed by atoms with Crippen LogP contribution in [0.5, 0.6) is 11.5 Å². The number of benzene rings is 2. The Labute approximate surface area is 128 Å². The van der Waals surface area contributed by atoms with E-state index in [1.54, 1.807) is 18.2 Å². The van der Waals surface area contributed by atoms with Crippen molar-refractivity contribution in [3.63, 3.8) is 0 Å². The van der Waals surface area contributed by atoms with Gasteiger partial charge in [0.2, 0.25) is 0 Å². The van der Waals surface area contributed by atoms with Crippen LogP contribution in [0.3, 0.4) is 0 Å². The van der Waals surface area contributed by atoms with E-state index in [4.69, 9.17) is 32.1 Å². The molecule has 0 unspecified atom stereocenters. The summed E-state index contributed by atoms with van der Waals surface area (Å²) in [5.74, 6) is 1.12. The molecule has 0 fully saturated rings. The van der Waals surface area contributed by atoms with Crippen LogP contribution in [0.1, 0.15) is 16.7 Å². The first-order valence-corrected chi connectivity index (χ1v) is 6.74. The second-order valence-electron chi connectivity index (χ2n) is 4.37. The summed E-state index contributed by atoms with van der Waals surface area (Å²) in [6.45, 7) is 0.650. The monoisotopic (exact) mass is 302 g/mol. The van der Waals surface area contributed by atoms with Gasteiger partial charge in [0.1, 0.15) is 24.2 Å². The summed E-state index contributed by atoms with van der Waals surface area (Å²) < 4.78 is 10.9. The second kappa shape index (κ2) is 6.98. The van der Waals surface area contributed by atoms with Crippen molar-refractivity contribution in [2.75, 3.05) is 7.11 Å². The summed E-state index contributed by atoms with van der Waals surface area (Å²) in [5, 5.41) is 9.60. The fourth-order valence-corrected chi connectivity index (χ4v) is 2.21. The normalized spacial score (nSPS) is 10.0. The Bertz CT molecular complexity index is 680. The van der Waals surface area contributed by atoms with Gasteiger partial charge in [0.25, 0.3) is 0 Å². The van der Waals surface area contributed by atoms with Crippen molar-refractivity contribution in [2.24, 2.45) is 5.73 Å². The maximum Gasteiger partial charge on any atom is 0.142 e. The number of ether oxygens (including phenoxy) is 2. The minimum absolute atomic E-state index is 0.301. The summed E-state index contributed by atoms with van der Waals surface area (Å²) in [6.07, 6.45) is 0. The maximum absolute atomic E-state index is 9.08. The molecule has 4 nitrogen and oxygen atoms in total. The molecule has 0 aliphatic rings. The van der Waals surface area contributed by atoms with Crippen molar-refractivity contribution in [3.05, 3.63) is 58.1 Å². The molecule has 2 aromatic carbocycles. The highest BCUT2D eigenvalue weighted by Gasteiger charge is 2.09. The van der Waals surface area contributed by atoms with Gasteiger partial charge in [-0.2, -0.15) is 5.26 Å². The number of para-hydroxylation sites is 1. The number of nitrogens with zero attached hydrogens (tertiary/aromatic N) is 1. The van der Waals surface area contributed by atoms with Crippen LogP contribution in [0.4, 0.5) is 0 Å². The van der Waals surface area contributed by atoms with Gasteiger partial charge in [-0.25, -0.2) is 0 Å². The Balaban J connectivity index is 2.19. The lowest BCUT2D eigenvalue weighted by atomic mass is 10.1. The molecule has 2 aromatic rings. The van der Waals surface area contributed by atoms with Gasteiger partial charge in [-0.05, 0) is 23.8 Å². The first kappa shape index (κ1) is 15.2.